The molecule has 0 saturated heterocycles. The molecule has 0 spiro atoms. The summed E-state index contributed by atoms with van der Waals surface area (Å²) in [5.74, 6) is 2.61. The van der Waals surface area contributed by atoms with Crippen LogP contribution in [-0.2, 0) is 0 Å². The number of rotatable bonds is 4. The molecule has 2 aromatic heterocycles. The first-order valence-corrected chi connectivity index (χ1v) is 14.1. The summed E-state index contributed by atoms with van der Waals surface area (Å²) in [7, 11) is 0. The van der Waals surface area contributed by atoms with Gasteiger partial charge in [-0.2, -0.15) is 0 Å². The van der Waals surface area contributed by atoms with Crippen molar-refractivity contribution in [3.05, 3.63) is 47.8 Å². The minimum absolute atomic E-state index is 0.320. The highest BCUT2D eigenvalue weighted by Gasteiger charge is 2.38. The Bertz CT molecular complexity index is 848. The molecule has 3 heteroatoms. The van der Waals surface area contributed by atoms with E-state index in [-0.39, 0.29) is 0 Å². The van der Waals surface area contributed by atoms with Crippen molar-refractivity contribution >= 4 is 11.8 Å². The zero-order chi connectivity index (χ0) is 23.6. The highest BCUT2D eigenvalue weighted by atomic mass is 32.2. The van der Waals surface area contributed by atoms with Gasteiger partial charge in [-0.3, -0.25) is 0 Å². The van der Waals surface area contributed by atoms with Crippen LogP contribution in [-0.4, -0.2) is 9.97 Å². The minimum atomic E-state index is 0.320. The van der Waals surface area contributed by atoms with E-state index in [9.17, 15) is 0 Å². The van der Waals surface area contributed by atoms with E-state index >= 15 is 0 Å². The van der Waals surface area contributed by atoms with Crippen molar-refractivity contribution in [1.29, 1.82) is 0 Å². The van der Waals surface area contributed by atoms with Crippen LogP contribution in [0.25, 0.3) is 0 Å². The van der Waals surface area contributed by atoms with Gasteiger partial charge in [0.15, 0.2) is 0 Å². The van der Waals surface area contributed by atoms with E-state index in [0.29, 0.717) is 34.5 Å². The first kappa shape index (κ1) is 24.8. The fourth-order valence-electron chi connectivity index (χ4n) is 6.71. The maximum absolute atomic E-state index is 4.94. The second-order valence-electron chi connectivity index (χ2n) is 12.6. The topological polar surface area (TPSA) is 25.8 Å². The van der Waals surface area contributed by atoms with E-state index in [1.807, 2.05) is 24.2 Å². The lowest BCUT2D eigenvalue weighted by Gasteiger charge is -2.41. The Hall–Kier alpha value is -1.35. The standard InChI is InChI=1S/C30H44N2S/c1-29(2,3)25-17-9-7-13-21(25)23-15-11-19-31-27(23)33-28-24(16-12-20-32-28)22-14-8-10-18-26(22)30(4,5)6/h11-12,15-16,19-22,25-26H,7-10,13-14,17-18H2,1-6H3. The first-order chi connectivity index (χ1) is 15.7. The molecular weight excluding hydrogens is 420 g/mol. The predicted molar refractivity (Wildman–Crippen MR) is 141 cm³/mol. The third kappa shape index (κ3) is 5.66. The smallest absolute Gasteiger partial charge is 0.106 e. The number of nitrogens with zero attached hydrogens (tertiary/aromatic N) is 2. The Morgan fingerprint density at radius 1 is 0.636 bits per heavy atom. The van der Waals surface area contributed by atoms with Crippen molar-refractivity contribution in [2.75, 3.05) is 0 Å². The lowest BCUT2D eigenvalue weighted by Crippen LogP contribution is -2.30. The third-order valence-electron chi connectivity index (χ3n) is 8.35. The van der Waals surface area contributed by atoms with Gasteiger partial charge in [0.1, 0.15) is 10.1 Å². The molecule has 4 atom stereocenters. The zero-order valence-corrected chi connectivity index (χ0v) is 22.5. The van der Waals surface area contributed by atoms with Gasteiger partial charge in [-0.1, -0.05) is 79.4 Å². The first-order valence-electron chi connectivity index (χ1n) is 13.2. The molecule has 0 N–H and O–H groups in total. The molecule has 4 rings (SSSR count). The van der Waals surface area contributed by atoms with Crippen molar-refractivity contribution in [1.82, 2.24) is 9.97 Å². The zero-order valence-electron chi connectivity index (χ0n) is 21.7. The molecule has 4 unspecified atom stereocenters. The second-order valence-corrected chi connectivity index (χ2v) is 13.6. The van der Waals surface area contributed by atoms with E-state index in [2.05, 4.69) is 65.8 Å². The fourth-order valence-corrected chi connectivity index (χ4v) is 7.80. The maximum atomic E-state index is 4.94. The molecule has 0 amide bonds. The van der Waals surface area contributed by atoms with Crippen LogP contribution in [0.3, 0.4) is 0 Å². The summed E-state index contributed by atoms with van der Waals surface area (Å²) in [5, 5.41) is 2.36. The van der Waals surface area contributed by atoms with Crippen molar-refractivity contribution in [2.24, 2.45) is 22.7 Å². The summed E-state index contributed by atoms with van der Waals surface area (Å²) in [6, 6.07) is 8.99. The molecule has 2 aliphatic rings. The molecule has 0 bridgehead atoms. The molecule has 2 nitrogen and oxygen atoms in total. The van der Waals surface area contributed by atoms with Crippen LogP contribution in [0.15, 0.2) is 46.7 Å². The Labute approximate surface area is 206 Å². The number of hydrogen-bond donors (Lipinski definition) is 0. The number of hydrogen-bond acceptors (Lipinski definition) is 3. The van der Waals surface area contributed by atoms with Crippen molar-refractivity contribution in [3.63, 3.8) is 0 Å². The molecule has 2 saturated carbocycles. The van der Waals surface area contributed by atoms with E-state index in [4.69, 9.17) is 9.97 Å². The molecule has 2 aliphatic carbocycles. The Balaban J connectivity index is 1.68. The van der Waals surface area contributed by atoms with Crippen LogP contribution in [0.5, 0.6) is 0 Å². The van der Waals surface area contributed by atoms with Gasteiger partial charge in [-0.15, -0.1) is 0 Å². The summed E-state index contributed by atoms with van der Waals surface area (Å²) < 4.78 is 0. The van der Waals surface area contributed by atoms with Gasteiger partial charge in [0.25, 0.3) is 0 Å². The summed E-state index contributed by atoms with van der Waals surface area (Å²) in [6.07, 6.45) is 14.6. The lowest BCUT2D eigenvalue weighted by atomic mass is 9.64. The fraction of sp³-hybridized carbons (Fsp3) is 0.667. The second kappa shape index (κ2) is 10.1. The average molecular weight is 465 g/mol. The Kier molecular flexibility index (Phi) is 7.58. The normalized spacial score (nSPS) is 26.8. The van der Waals surface area contributed by atoms with Crippen LogP contribution in [0.4, 0.5) is 0 Å². The van der Waals surface area contributed by atoms with Gasteiger partial charge in [-0.25, -0.2) is 9.97 Å². The summed E-state index contributed by atoms with van der Waals surface area (Å²) >= 11 is 1.83. The Morgan fingerprint density at radius 3 is 1.42 bits per heavy atom. The van der Waals surface area contributed by atoms with Crippen LogP contribution in [0.2, 0.25) is 0 Å². The van der Waals surface area contributed by atoms with Crippen molar-refractivity contribution in [2.45, 2.75) is 115 Å². The summed E-state index contributed by atoms with van der Waals surface area (Å²) in [4.78, 5) is 9.89. The van der Waals surface area contributed by atoms with Crippen LogP contribution < -0.4 is 0 Å². The van der Waals surface area contributed by atoms with E-state index < -0.39 is 0 Å². The van der Waals surface area contributed by atoms with Crippen LogP contribution >= 0.6 is 11.8 Å². The maximum Gasteiger partial charge on any atom is 0.106 e. The highest BCUT2D eigenvalue weighted by molar-refractivity contribution is 7.99. The van der Waals surface area contributed by atoms with Crippen LogP contribution in [0.1, 0.15) is 116 Å². The van der Waals surface area contributed by atoms with Crippen LogP contribution in [0, 0.1) is 22.7 Å². The van der Waals surface area contributed by atoms with Gasteiger partial charge in [0.05, 0.1) is 0 Å². The minimum Gasteiger partial charge on any atom is -0.249 e. The SMILES string of the molecule is CC(C)(C)C1CCCCC1c1cccnc1Sc1ncccc1C1CCCCC1C(C)(C)C. The van der Waals surface area contributed by atoms with Gasteiger partial charge in [-0.05, 0) is 95.2 Å². The van der Waals surface area contributed by atoms with E-state index in [1.165, 1.54) is 72.5 Å². The van der Waals surface area contributed by atoms with Crippen molar-refractivity contribution < 1.29 is 0 Å². The molecule has 2 aromatic rings. The third-order valence-corrected chi connectivity index (χ3v) is 9.42. The van der Waals surface area contributed by atoms with E-state index in [1.54, 1.807) is 0 Å². The number of aromatic nitrogens is 2. The average Bonchev–Trinajstić information content (AvgIpc) is 2.79. The van der Waals surface area contributed by atoms with Crippen molar-refractivity contribution in [3.8, 4) is 0 Å². The molecule has 2 heterocycles. The quantitative estimate of drug-likeness (QED) is 0.451. The molecular formula is C30H44N2S. The Morgan fingerprint density at radius 2 is 1.03 bits per heavy atom. The van der Waals surface area contributed by atoms with Gasteiger partial charge < -0.3 is 0 Å². The lowest BCUT2D eigenvalue weighted by molar-refractivity contribution is 0.149. The summed E-state index contributed by atoms with van der Waals surface area (Å²) in [5.41, 5.74) is 3.55. The molecule has 33 heavy (non-hydrogen) atoms. The largest absolute Gasteiger partial charge is 0.249 e. The highest BCUT2D eigenvalue weighted by Crippen LogP contribution is 2.51. The summed E-state index contributed by atoms with van der Waals surface area (Å²) in [6.45, 7) is 14.5. The van der Waals surface area contributed by atoms with Gasteiger partial charge >= 0.3 is 0 Å². The molecule has 180 valence electrons. The van der Waals surface area contributed by atoms with E-state index in [0.717, 1.165) is 0 Å². The van der Waals surface area contributed by atoms with Gasteiger partial charge in [0.2, 0.25) is 0 Å². The molecule has 0 aromatic carbocycles. The molecule has 0 aliphatic heterocycles. The number of pyridine rings is 2. The molecule has 0 radical (unpaired) electrons. The monoisotopic (exact) mass is 464 g/mol. The molecule has 2 fully saturated rings. The predicted octanol–water partition coefficient (Wildman–Crippen LogP) is 9.27. The van der Waals surface area contributed by atoms with Gasteiger partial charge in [0, 0.05) is 12.4 Å².